The molecule has 80 valence electrons. The molecule has 0 radical (unpaired) electrons. The lowest BCUT2D eigenvalue weighted by atomic mass is 10.1. The van der Waals surface area contributed by atoms with Crippen LogP contribution < -0.4 is 16.8 Å². The van der Waals surface area contributed by atoms with Crippen molar-refractivity contribution in [1.29, 1.82) is 0 Å². The highest BCUT2D eigenvalue weighted by molar-refractivity contribution is 5.85. The zero-order valence-corrected chi connectivity index (χ0v) is 8.74. The molecular weight excluding hydrogens is 214 g/mol. The third-order valence-corrected chi connectivity index (χ3v) is 1.97. The van der Waals surface area contributed by atoms with Crippen LogP contribution >= 0.6 is 12.4 Å². The predicted octanol–water partition coefficient (Wildman–Crippen LogP) is -0.0306. The first-order chi connectivity index (χ1) is 6.71. The molecule has 1 unspecified atom stereocenters. The number of hydrogen-bond donors (Lipinski definition) is 3. The minimum atomic E-state index is -0.854. The van der Waals surface area contributed by atoms with Crippen LogP contribution in [0, 0.1) is 0 Å². The van der Waals surface area contributed by atoms with Crippen molar-refractivity contribution >= 4 is 12.4 Å². The number of nitrogens with one attached hydrogen (secondary N) is 1. The van der Waals surface area contributed by atoms with Gasteiger partial charge in [-0.05, 0) is 12.2 Å². The van der Waals surface area contributed by atoms with E-state index in [4.69, 9.17) is 11.5 Å². The second kappa shape index (κ2) is 4.29. The third-order valence-electron chi connectivity index (χ3n) is 1.97. The molecule has 0 aromatic carbocycles. The summed E-state index contributed by atoms with van der Waals surface area (Å²) in [5.41, 5.74) is 11.4. The first-order valence-corrected chi connectivity index (χ1v) is 4.19. The number of rotatable bonds is 1. The maximum atomic E-state index is 6.05. The maximum absolute atomic E-state index is 6.05. The minimum Gasteiger partial charge on any atom is -0.385 e. The number of hydrogen-bond acceptors (Lipinski definition) is 5. The molecule has 0 spiro atoms. The molecule has 6 heteroatoms. The number of nitrogens with zero attached hydrogens (tertiary/aromatic N) is 2. The third kappa shape index (κ3) is 2.26. The lowest BCUT2D eigenvalue weighted by molar-refractivity contribution is 0.456. The van der Waals surface area contributed by atoms with Crippen LogP contribution in [0.1, 0.15) is 5.69 Å². The Bertz CT molecular complexity index is 389. The molecule has 0 fully saturated rings. The summed E-state index contributed by atoms with van der Waals surface area (Å²) in [6, 6.07) is 0. The van der Waals surface area contributed by atoms with Crippen LogP contribution in [0.25, 0.3) is 0 Å². The second-order valence-corrected chi connectivity index (χ2v) is 3.07. The van der Waals surface area contributed by atoms with E-state index in [0.29, 0.717) is 11.5 Å². The van der Waals surface area contributed by atoms with E-state index < -0.39 is 5.66 Å². The summed E-state index contributed by atoms with van der Waals surface area (Å²) in [6.45, 7) is 0. The van der Waals surface area contributed by atoms with Crippen LogP contribution in [0.2, 0.25) is 0 Å². The van der Waals surface area contributed by atoms with Gasteiger partial charge in [0.2, 0.25) is 0 Å². The van der Waals surface area contributed by atoms with Crippen molar-refractivity contribution in [3.8, 4) is 0 Å². The molecule has 1 aliphatic heterocycles. The highest BCUT2D eigenvalue weighted by atomic mass is 35.5. The van der Waals surface area contributed by atoms with Crippen LogP contribution in [0.4, 0.5) is 0 Å². The largest absolute Gasteiger partial charge is 0.385 e. The molecule has 1 aliphatic rings. The van der Waals surface area contributed by atoms with Crippen LogP contribution in [-0.4, -0.2) is 9.97 Å². The standard InChI is InChI=1S/C9H11N5.ClH/c10-8-2-1-3-9(11,14-8)7-6-12-4-5-13-7;/h1-6,14H,10-11H2;1H. The smallest absolute Gasteiger partial charge is 0.152 e. The maximum Gasteiger partial charge on any atom is 0.152 e. The lowest BCUT2D eigenvalue weighted by Gasteiger charge is -2.29. The molecule has 2 heterocycles. The first kappa shape index (κ1) is 11.5. The summed E-state index contributed by atoms with van der Waals surface area (Å²) in [5, 5.41) is 2.94. The van der Waals surface area contributed by atoms with Gasteiger partial charge in [-0.1, -0.05) is 6.08 Å². The molecule has 0 amide bonds. The molecule has 0 aliphatic carbocycles. The zero-order valence-electron chi connectivity index (χ0n) is 7.92. The van der Waals surface area contributed by atoms with Gasteiger partial charge in [0.25, 0.3) is 0 Å². The predicted molar refractivity (Wildman–Crippen MR) is 59.7 cm³/mol. The van der Waals surface area contributed by atoms with Crippen molar-refractivity contribution < 1.29 is 0 Å². The summed E-state index contributed by atoms with van der Waals surface area (Å²) >= 11 is 0. The molecule has 15 heavy (non-hydrogen) atoms. The van der Waals surface area contributed by atoms with E-state index in [-0.39, 0.29) is 12.4 Å². The van der Waals surface area contributed by atoms with Crippen molar-refractivity contribution in [1.82, 2.24) is 15.3 Å². The Morgan fingerprint density at radius 2 is 2.13 bits per heavy atom. The SMILES string of the molecule is Cl.NC1=CC=CC(N)(c2cnccn2)N1. The van der Waals surface area contributed by atoms with Crippen LogP contribution in [0.3, 0.4) is 0 Å². The number of halogens is 1. The summed E-state index contributed by atoms with van der Waals surface area (Å²) in [6.07, 6.45) is 10.1. The Morgan fingerprint density at radius 1 is 1.33 bits per heavy atom. The molecule has 1 atom stereocenters. The van der Waals surface area contributed by atoms with E-state index in [0.717, 1.165) is 0 Å². The minimum absolute atomic E-state index is 0. The van der Waals surface area contributed by atoms with E-state index in [1.165, 1.54) is 0 Å². The van der Waals surface area contributed by atoms with Crippen LogP contribution in [0.5, 0.6) is 0 Å². The molecule has 5 nitrogen and oxygen atoms in total. The fourth-order valence-corrected chi connectivity index (χ4v) is 1.29. The summed E-state index contributed by atoms with van der Waals surface area (Å²) < 4.78 is 0. The summed E-state index contributed by atoms with van der Waals surface area (Å²) in [5.74, 6) is 0.514. The number of aromatic nitrogens is 2. The fraction of sp³-hybridized carbons (Fsp3) is 0.111. The van der Waals surface area contributed by atoms with Gasteiger partial charge in [0, 0.05) is 12.4 Å². The Labute approximate surface area is 93.7 Å². The Hall–Kier alpha value is -1.59. The molecular formula is C9H12ClN5. The van der Waals surface area contributed by atoms with Gasteiger partial charge in [0.15, 0.2) is 5.66 Å². The first-order valence-electron chi connectivity index (χ1n) is 4.19. The summed E-state index contributed by atoms with van der Waals surface area (Å²) in [7, 11) is 0. The van der Waals surface area contributed by atoms with Crippen molar-refractivity contribution in [3.63, 3.8) is 0 Å². The topological polar surface area (TPSA) is 89.9 Å². The van der Waals surface area contributed by atoms with Crippen molar-refractivity contribution in [2.24, 2.45) is 11.5 Å². The molecule has 0 saturated heterocycles. The molecule has 5 N–H and O–H groups in total. The van der Waals surface area contributed by atoms with E-state index in [1.807, 2.05) is 0 Å². The average Bonchev–Trinajstić information content (AvgIpc) is 2.19. The second-order valence-electron chi connectivity index (χ2n) is 3.07. The average molecular weight is 226 g/mol. The van der Waals surface area contributed by atoms with Gasteiger partial charge in [0.1, 0.15) is 5.69 Å². The van der Waals surface area contributed by atoms with Gasteiger partial charge in [-0.2, -0.15) is 0 Å². The van der Waals surface area contributed by atoms with E-state index in [1.54, 1.807) is 36.8 Å². The van der Waals surface area contributed by atoms with Crippen molar-refractivity contribution in [2.45, 2.75) is 5.66 Å². The van der Waals surface area contributed by atoms with E-state index >= 15 is 0 Å². The van der Waals surface area contributed by atoms with Gasteiger partial charge < -0.3 is 16.8 Å². The highest BCUT2D eigenvalue weighted by Crippen LogP contribution is 2.16. The number of allylic oxidation sites excluding steroid dienone is 2. The quantitative estimate of drug-likeness (QED) is 0.625. The van der Waals surface area contributed by atoms with Crippen LogP contribution in [0.15, 0.2) is 42.6 Å². The van der Waals surface area contributed by atoms with Crippen molar-refractivity contribution in [3.05, 3.63) is 48.3 Å². The van der Waals surface area contributed by atoms with Gasteiger partial charge in [-0.3, -0.25) is 9.97 Å². The van der Waals surface area contributed by atoms with Gasteiger partial charge in [0.05, 0.1) is 12.0 Å². The van der Waals surface area contributed by atoms with Gasteiger partial charge in [-0.15, -0.1) is 12.4 Å². The van der Waals surface area contributed by atoms with E-state index in [9.17, 15) is 0 Å². The molecule has 1 aromatic heterocycles. The highest BCUT2D eigenvalue weighted by Gasteiger charge is 2.27. The molecule has 0 bridgehead atoms. The van der Waals surface area contributed by atoms with E-state index in [2.05, 4.69) is 15.3 Å². The fourth-order valence-electron chi connectivity index (χ4n) is 1.29. The number of dihydropyridines is 1. The Balaban J connectivity index is 0.00000112. The summed E-state index contributed by atoms with van der Waals surface area (Å²) in [4.78, 5) is 8.08. The van der Waals surface area contributed by atoms with Gasteiger partial charge in [-0.25, -0.2) is 0 Å². The molecule has 2 rings (SSSR count). The molecule has 1 aromatic rings. The normalized spacial score (nSPS) is 23.7. The Kier molecular flexibility index (Phi) is 3.28. The monoisotopic (exact) mass is 225 g/mol. The lowest BCUT2D eigenvalue weighted by Crippen LogP contribution is -2.51. The number of nitrogens with two attached hydrogens (primary N) is 2. The van der Waals surface area contributed by atoms with Gasteiger partial charge >= 0.3 is 0 Å². The Morgan fingerprint density at radius 3 is 2.73 bits per heavy atom. The van der Waals surface area contributed by atoms with Crippen molar-refractivity contribution in [2.75, 3.05) is 0 Å². The van der Waals surface area contributed by atoms with Crippen LogP contribution in [-0.2, 0) is 5.66 Å². The zero-order chi connectivity index (χ0) is 10.0. The molecule has 0 saturated carbocycles.